The molecule has 0 aliphatic carbocycles. The maximum Gasteiger partial charge on any atom is 0.145 e. The Balaban J connectivity index is 2.24. The molecule has 0 aliphatic rings. The topological polar surface area (TPSA) is 56.0 Å². The van der Waals surface area contributed by atoms with Gasteiger partial charge in [0.05, 0.1) is 5.52 Å². The molecule has 0 saturated heterocycles. The number of nitrogens with two attached hydrogens (primary N) is 1. The number of pyridine rings is 1. The fourth-order valence-electron chi connectivity index (χ4n) is 2.04. The predicted molar refractivity (Wildman–Crippen MR) is 77.9 cm³/mol. The lowest BCUT2D eigenvalue weighted by molar-refractivity contribution is -0.127. The summed E-state index contributed by atoms with van der Waals surface area (Å²) in [6, 6.07) is 11.9. The number of fused-ring (bicyclic) bond motifs is 1. The quantitative estimate of drug-likeness (QED) is 0.895. The molecule has 1 aromatic carbocycles. The van der Waals surface area contributed by atoms with Crippen molar-refractivity contribution in [2.24, 2.45) is 11.1 Å². The Hall–Kier alpha value is -1.74. The Morgan fingerprint density at radius 3 is 2.68 bits per heavy atom. The summed E-state index contributed by atoms with van der Waals surface area (Å²) < 4.78 is 0. The Morgan fingerprint density at radius 2 is 2.00 bits per heavy atom. The summed E-state index contributed by atoms with van der Waals surface area (Å²) in [4.78, 5) is 16.8. The van der Waals surface area contributed by atoms with Crippen molar-refractivity contribution >= 4 is 16.7 Å². The van der Waals surface area contributed by atoms with E-state index in [9.17, 15) is 4.79 Å². The van der Waals surface area contributed by atoms with Crippen molar-refractivity contribution in [2.45, 2.75) is 26.7 Å². The van der Waals surface area contributed by atoms with Gasteiger partial charge in [-0.05, 0) is 18.6 Å². The number of hydrogen-bond acceptors (Lipinski definition) is 3. The highest BCUT2D eigenvalue weighted by molar-refractivity contribution is 5.87. The van der Waals surface area contributed by atoms with Crippen LogP contribution in [0.5, 0.6) is 0 Å². The number of rotatable bonds is 5. The van der Waals surface area contributed by atoms with Crippen LogP contribution in [0.1, 0.15) is 26.0 Å². The summed E-state index contributed by atoms with van der Waals surface area (Å²) in [6.45, 7) is 4.31. The molecule has 1 atom stereocenters. The minimum atomic E-state index is -0.437. The number of benzene rings is 1. The standard InChI is InChI=1S/C16H20N2O/c1-3-16(2,11-17)15(19)10-13-9-8-12-6-4-5-7-14(12)18-13/h4-9H,3,10-11,17H2,1-2H3. The third-order valence-corrected chi connectivity index (χ3v) is 3.90. The molecule has 19 heavy (non-hydrogen) atoms. The van der Waals surface area contributed by atoms with Gasteiger partial charge in [0, 0.05) is 29.5 Å². The summed E-state index contributed by atoms with van der Waals surface area (Å²) in [6.07, 6.45) is 1.11. The summed E-state index contributed by atoms with van der Waals surface area (Å²) >= 11 is 0. The van der Waals surface area contributed by atoms with Crippen molar-refractivity contribution in [2.75, 3.05) is 6.54 Å². The molecule has 2 N–H and O–H groups in total. The zero-order chi connectivity index (χ0) is 13.9. The van der Waals surface area contributed by atoms with Gasteiger partial charge in [0.1, 0.15) is 5.78 Å². The van der Waals surface area contributed by atoms with Crippen LogP contribution in [0.4, 0.5) is 0 Å². The van der Waals surface area contributed by atoms with Crippen LogP contribution < -0.4 is 5.73 Å². The largest absolute Gasteiger partial charge is 0.329 e. The first-order valence-corrected chi connectivity index (χ1v) is 6.67. The van der Waals surface area contributed by atoms with Gasteiger partial charge in [-0.1, -0.05) is 38.1 Å². The van der Waals surface area contributed by atoms with Gasteiger partial charge in [0.15, 0.2) is 0 Å². The fourth-order valence-corrected chi connectivity index (χ4v) is 2.04. The molecular formula is C16H20N2O. The van der Waals surface area contributed by atoms with Crippen molar-refractivity contribution in [3.8, 4) is 0 Å². The van der Waals surface area contributed by atoms with Crippen LogP contribution in [0.15, 0.2) is 36.4 Å². The van der Waals surface area contributed by atoms with Crippen molar-refractivity contribution in [3.05, 3.63) is 42.1 Å². The lowest BCUT2D eigenvalue weighted by Crippen LogP contribution is -2.36. The molecule has 0 amide bonds. The number of ketones is 1. The van der Waals surface area contributed by atoms with Gasteiger partial charge in [-0.15, -0.1) is 0 Å². The molecule has 1 aromatic heterocycles. The molecule has 0 fully saturated rings. The molecule has 0 radical (unpaired) electrons. The van der Waals surface area contributed by atoms with E-state index in [4.69, 9.17) is 5.73 Å². The van der Waals surface area contributed by atoms with Crippen LogP contribution in [0, 0.1) is 5.41 Å². The Morgan fingerprint density at radius 1 is 1.26 bits per heavy atom. The van der Waals surface area contributed by atoms with Gasteiger partial charge in [0.2, 0.25) is 0 Å². The van der Waals surface area contributed by atoms with Crippen molar-refractivity contribution in [3.63, 3.8) is 0 Å². The van der Waals surface area contributed by atoms with Crippen molar-refractivity contribution < 1.29 is 4.79 Å². The van der Waals surface area contributed by atoms with E-state index in [2.05, 4.69) is 4.98 Å². The number of nitrogens with zero attached hydrogens (tertiary/aromatic N) is 1. The van der Waals surface area contributed by atoms with Crippen molar-refractivity contribution in [1.82, 2.24) is 4.98 Å². The normalized spacial score (nSPS) is 14.3. The Labute approximate surface area is 113 Å². The highest BCUT2D eigenvalue weighted by atomic mass is 16.1. The van der Waals surface area contributed by atoms with Crippen LogP contribution >= 0.6 is 0 Å². The zero-order valence-corrected chi connectivity index (χ0v) is 11.5. The number of para-hydroxylation sites is 1. The Kier molecular flexibility index (Phi) is 3.96. The molecule has 0 bridgehead atoms. The van der Waals surface area contributed by atoms with E-state index in [0.29, 0.717) is 13.0 Å². The highest BCUT2D eigenvalue weighted by Gasteiger charge is 2.29. The van der Waals surface area contributed by atoms with E-state index in [1.165, 1.54) is 0 Å². The van der Waals surface area contributed by atoms with Gasteiger partial charge >= 0.3 is 0 Å². The second-order valence-corrected chi connectivity index (χ2v) is 5.21. The summed E-state index contributed by atoms with van der Waals surface area (Å²) in [5, 5.41) is 1.09. The SMILES string of the molecule is CCC(C)(CN)C(=O)Cc1ccc2ccccc2n1. The maximum atomic E-state index is 12.3. The highest BCUT2D eigenvalue weighted by Crippen LogP contribution is 2.23. The van der Waals surface area contributed by atoms with E-state index in [-0.39, 0.29) is 5.78 Å². The fraction of sp³-hybridized carbons (Fsp3) is 0.375. The molecule has 0 spiro atoms. The molecule has 0 aliphatic heterocycles. The molecule has 3 nitrogen and oxygen atoms in total. The van der Waals surface area contributed by atoms with E-state index in [1.807, 2.05) is 50.2 Å². The van der Waals surface area contributed by atoms with Crippen LogP contribution in [0.25, 0.3) is 10.9 Å². The number of carbonyl (C=O) groups is 1. The van der Waals surface area contributed by atoms with E-state index < -0.39 is 5.41 Å². The molecule has 2 rings (SSSR count). The number of hydrogen-bond donors (Lipinski definition) is 1. The van der Waals surface area contributed by atoms with Gasteiger partial charge in [0.25, 0.3) is 0 Å². The van der Waals surface area contributed by atoms with Crippen LogP contribution in [0.2, 0.25) is 0 Å². The second-order valence-electron chi connectivity index (χ2n) is 5.21. The van der Waals surface area contributed by atoms with E-state index >= 15 is 0 Å². The third-order valence-electron chi connectivity index (χ3n) is 3.90. The minimum absolute atomic E-state index is 0.167. The van der Waals surface area contributed by atoms with Crippen LogP contribution in [-0.4, -0.2) is 17.3 Å². The smallest absolute Gasteiger partial charge is 0.145 e. The Bertz CT molecular complexity index is 588. The lowest BCUT2D eigenvalue weighted by Gasteiger charge is -2.24. The lowest BCUT2D eigenvalue weighted by atomic mass is 9.81. The van der Waals surface area contributed by atoms with Gasteiger partial charge in [-0.25, -0.2) is 0 Å². The summed E-state index contributed by atoms with van der Waals surface area (Å²) in [5.41, 5.74) is 7.03. The molecule has 3 heteroatoms. The molecule has 0 saturated carbocycles. The zero-order valence-electron chi connectivity index (χ0n) is 11.5. The first-order chi connectivity index (χ1) is 9.09. The van der Waals surface area contributed by atoms with E-state index in [1.54, 1.807) is 0 Å². The first-order valence-electron chi connectivity index (χ1n) is 6.67. The first kappa shape index (κ1) is 13.7. The third kappa shape index (κ3) is 2.82. The van der Waals surface area contributed by atoms with Gasteiger partial charge in [-0.3, -0.25) is 9.78 Å². The predicted octanol–water partition coefficient (Wildman–Crippen LogP) is 2.72. The number of aromatic nitrogens is 1. The number of carbonyl (C=O) groups excluding carboxylic acids is 1. The maximum absolute atomic E-state index is 12.3. The van der Waals surface area contributed by atoms with E-state index in [0.717, 1.165) is 23.0 Å². The number of Topliss-reactive ketones (excluding diaryl/α,β-unsaturated/α-hetero) is 1. The average Bonchev–Trinajstić information content (AvgIpc) is 2.46. The molecule has 2 aromatic rings. The minimum Gasteiger partial charge on any atom is -0.329 e. The van der Waals surface area contributed by atoms with Gasteiger partial charge in [-0.2, -0.15) is 0 Å². The molecule has 100 valence electrons. The molecule has 1 unspecified atom stereocenters. The summed E-state index contributed by atoms with van der Waals surface area (Å²) in [5.74, 6) is 0.167. The van der Waals surface area contributed by atoms with Gasteiger partial charge < -0.3 is 5.73 Å². The molecule has 1 heterocycles. The average molecular weight is 256 g/mol. The molecular weight excluding hydrogens is 236 g/mol. The van der Waals surface area contributed by atoms with Crippen LogP contribution in [0.3, 0.4) is 0 Å². The summed E-state index contributed by atoms with van der Waals surface area (Å²) in [7, 11) is 0. The second kappa shape index (κ2) is 5.49. The van der Waals surface area contributed by atoms with Crippen molar-refractivity contribution in [1.29, 1.82) is 0 Å². The monoisotopic (exact) mass is 256 g/mol. The van der Waals surface area contributed by atoms with Crippen LogP contribution in [-0.2, 0) is 11.2 Å².